The molecule has 0 aliphatic carbocycles. The van der Waals surface area contributed by atoms with Crippen molar-refractivity contribution in [2.24, 2.45) is 0 Å². The molecule has 3 nitrogen and oxygen atoms in total. The number of rotatable bonds is 4. The summed E-state index contributed by atoms with van der Waals surface area (Å²) in [6.45, 7) is 2.12. The Labute approximate surface area is 145 Å². The zero-order chi connectivity index (χ0) is 16.2. The topological polar surface area (TPSA) is 39.2 Å². The van der Waals surface area contributed by atoms with Gasteiger partial charge in [-0.15, -0.1) is 0 Å². The van der Waals surface area contributed by atoms with Crippen molar-refractivity contribution in [2.45, 2.75) is 6.92 Å². The number of carbonyl (C=O) groups excluding carboxylic acids is 1. The second-order valence-corrected chi connectivity index (χ2v) is 7.58. The number of carbonyl (C=O) groups is 1. The summed E-state index contributed by atoms with van der Waals surface area (Å²) in [6.07, 6.45) is 0. The van der Waals surface area contributed by atoms with Crippen molar-refractivity contribution in [3.05, 3.63) is 65.3 Å². The Hall–Kier alpha value is -1.87. The molecule has 1 aromatic heterocycles. The molecule has 0 aliphatic rings. The third-order valence-electron chi connectivity index (χ3n) is 3.19. The molecule has 0 N–H and O–H groups in total. The fourth-order valence-corrected chi connectivity index (χ4v) is 4.43. The molecular formula is C18H14ClNO2Se. The van der Waals surface area contributed by atoms with Gasteiger partial charge in [0.1, 0.15) is 0 Å². The van der Waals surface area contributed by atoms with E-state index in [2.05, 4.69) is 17.1 Å². The third kappa shape index (κ3) is 3.73. The monoisotopic (exact) mass is 391 g/mol. The summed E-state index contributed by atoms with van der Waals surface area (Å²) >= 11 is 6.18. The maximum atomic E-state index is 12.1. The van der Waals surface area contributed by atoms with E-state index in [-0.39, 0.29) is 15.0 Å². The molecule has 0 saturated carbocycles. The summed E-state index contributed by atoms with van der Waals surface area (Å²) in [5, 5.41) is 1.64. The molecule has 3 rings (SSSR count). The minimum absolute atomic E-state index is 0.0500. The SMILES string of the molecule is CCOC(=O)c1cc([Se]c2ccccc2)c2cc(Cl)ccc2n1. The number of esters is 1. The van der Waals surface area contributed by atoms with Crippen LogP contribution in [-0.4, -0.2) is 32.5 Å². The van der Waals surface area contributed by atoms with Crippen LogP contribution in [0.25, 0.3) is 10.9 Å². The quantitative estimate of drug-likeness (QED) is 0.508. The Kier molecular flexibility index (Phi) is 4.97. The van der Waals surface area contributed by atoms with Crippen molar-refractivity contribution in [3.8, 4) is 0 Å². The molecule has 2 aromatic carbocycles. The Morgan fingerprint density at radius 3 is 2.70 bits per heavy atom. The van der Waals surface area contributed by atoms with E-state index in [4.69, 9.17) is 16.3 Å². The van der Waals surface area contributed by atoms with Gasteiger partial charge in [0.05, 0.1) is 0 Å². The molecule has 1 heterocycles. The second kappa shape index (κ2) is 7.14. The fourth-order valence-electron chi connectivity index (χ4n) is 2.18. The predicted molar refractivity (Wildman–Crippen MR) is 94.2 cm³/mol. The van der Waals surface area contributed by atoms with Crippen LogP contribution in [0.1, 0.15) is 17.4 Å². The van der Waals surface area contributed by atoms with Crippen molar-refractivity contribution >= 4 is 52.4 Å². The molecule has 0 amide bonds. The predicted octanol–water partition coefficient (Wildman–Crippen LogP) is 2.72. The average molecular weight is 391 g/mol. The number of fused-ring (bicyclic) bond motifs is 1. The summed E-state index contributed by atoms with van der Waals surface area (Å²) in [5.74, 6) is -0.394. The first-order chi connectivity index (χ1) is 11.2. The summed E-state index contributed by atoms with van der Waals surface area (Å²) < 4.78 is 7.38. The number of nitrogens with zero attached hydrogens (tertiary/aromatic N) is 1. The Balaban J connectivity index is 2.12. The fraction of sp³-hybridized carbons (Fsp3) is 0.111. The summed E-state index contributed by atoms with van der Waals surface area (Å²) in [6, 6.07) is 17.5. The van der Waals surface area contributed by atoms with Crippen molar-refractivity contribution in [1.29, 1.82) is 0 Å². The van der Waals surface area contributed by atoms with Crippen molar-refractivity contribution < 1.29 is 9.53 Å². The molecule has 0 bridgehead atoms. The molecule has 0 fully saturated rings. The summed E-state index contributed by atoms with van der Waals surface area (Å²) in [4.78, 5) is 16.5. The number of pyridine rings is 1. The number of aromatic nitrogens is 1. The molecule has 0 saturated heterocycles. The van der Waals surface area contributed by atoms with Gasteiger partial charge in [-0.05, 0) is 0 Å². The first-order valence-corrected chi connectivity index (χ1v) is 9.27. The zero-order valence-corrected chi connectivity index (χ0v) is 14.9. The standard InChI is InChI=1S/C18H14ClNO2Se/c1-2-22-18(21)16-11-17(23-13-6-4-3-5-7-13)14-10-12(19)8-9-15(14)20-16/h3-11H,2H2,1H3. The molecule has 0 atom stereocenters. The first-order valence-electron chi connectivity index (χ1n) is 7.17. The van der Waals surface area contributed by atoms with Crippen LogP contribution in [0.3, 0.4) is 0 Å². The molecular weight excluding hydrogens is 377 g/mol. The minimum atomic E-state index is -0.394. The molecule has 23 heavy (non-hydrogen) atoms. The first kappa shape index (κ1) is 16.0. The van der Waals surface area contributed by atoms with Crippen molar-refractivity contribution in [3.63, 3.8) is 0 Å². The summed E-state index contributed by atoms with van der Waals surface area (Å²) in [5.41, 5.74) is 1.10. The van der Waals surface area contributed by atoms with E-state index >= 15 is 0 Å². The molecule has 0 unspecified atom stereocenters. The normalized spacial score (nSPS) is 10.7. The second-order valence-electron chi connectivity index (χ2n) is 4.80. The van der Waals surface area contributed by atoms with Crippen molar-refractivity contribution in [1.82, 2.24) is 4.98 Å². The van der Waals surface area contributed by atoms with Crippen LogP contribution in [0.5, 0.6) is 0 Å². The van der Waals surface area contributed by atoms with Gasteiger partial charge in [0, 0.05) is 0 Å². The third-order valence-corrected chi connectivity index (χ3v) is 5.66. The van der Waals surface area contributed by atoms with Gasteiger partial charge >= 0.3 is 146 Å². The van der Waals surface area contributed by atoms with E-state index < -0.39 is 5.97 Å². The zero-order valence-electron chi connectivity index (χ0n) is 12.5. The van der Waals surface area contributed by atoms with Crippen LogP contribution in [0.15, 0.2) is 54.6 Å². The van der Waals surface area contributed by atoms with E-state index in [9.17, 15) is 4.79 Å². The molecule has 5 heteroatoms. The molecule has 116 valence electrons. The Morgan fingerprint density at radius 1 is 1.17 bits per heavy atom. The van der Waals surface area contributed by atoms with E-state index in [1.807, 2.05) is 36.4 Å². The van der Waals surface area contributed by atoms with E-state index in [1.54, 1.807) is 13.0 Å². The van der Waals surface area contributed by atoms with Crippen LogP contribution in [0.4, 0.5) is 0 Å². The van der Waals surface area contributed by atoms with Gasteiger partial charge in [-0.2, -0.15) is 0 Å². The van der Waals surface area contributed by atoms with Gasteiger partial charge in [0.2, 0.25) is 0 Å². The average Bonchev–Trinajstić information content (AvgIpc) is 2.56. The number of halogens is 1. The number of hydrogen-bond acceptors (Lipinski definition) is 3. The van der Waals surface area contributed by atoms with E-state index in [1.165, 1.54) is 4.46 Å². The number of ether oxygens (including phenoxy) is 1. The maximum absolute atomic E-state index is 12.1. The number of hydrogen-bond donors (Lipinski definition) is 0. The molecule has 0 radical (unpaired) electrons. The van der Waals surface area contributed by atoms with Gasteiger partial charge in [0.25, 0.3) is 0 Å². The molecule has 0 aliphatic heterocycles. The van der Waals surface area contributed by atoms with Crippen molar-refractivity contribution in [2.75, 3.05) is 6.61 Å². The van der Waals surface area contributed by atoms with Gasteiger partial charge in [-0.3, -0.25) is 0 Å². The molecule has 3 aromatic rings. The molecule has 0 spiro atoms. The van der Waals surface area contributed by atoms with Crippen LogP contribution in [-0.2, 0) is 4.74 Å². The van der Waals surface area contributed by atoms with Gasteiger partial charge in [0.15, 0.2) is 0 Å². The van der Waals surface area contributed by atoms with Crippen LogP contribution < -0.4 is 8.92 Å². The van der Waals surface area contributed by atoms with Gasteiger partial charge < -0.3 is 0 Å². The van der Waals surface area contributed by atoms with Crippen LogP contribution in [0.2, 0.25) is 5.02 Å². The summed E-state index contributed by atoms with van der Waals surface area (Å²) in [7, 11) is 0. The van der Waals surface area contributed by atoms with E-state index in [0.717, 1.165) is 15.4 Å². The van der Waals surface area contributed by atoms with Gasteiger partial charge in [-0.1, -0.05) is 0 Å². The van der Waals surface area contributed by atoms with E-state index in [0.29, 0.717) is 17.3 Å². The number of benzene rings is 2. The Bertz CT molecular complexity index is 852. The van der Waals surface area contributed by atoms with Gasteiger partial charge in [-0.25, -0.2) is 0 Å². The van der Waals surface area contributed by atoms with Crippen LogP contribution in [0, 0.1) is 0 Å². The Morgan fingerprint density at radius 2 is 1.96 bits per heavy atom. The van der Waals surface area contributed by atoms with Crippen LogP contribution >= 0.6 is 11.6 Å².